The van der Waals surface area contributed by atoms with E-state index in [2.05, 4.69) is 15.5 Å². The molecule has 1 saturated carbocycles. The topological polar surface area (TPSA) is 80.5 Å². The molecular weight excluding hydrogens is 320 g/mol. The van der Waals surface area contributed by atoms with Crippen molar-refractivity contribution in [1.29, 1.82) is 0 Å². The SMILES string of the molecule is COc1ccc(-c2noc(CN(C)C(=O)NC3CCCCC3)n2)cc1. The highest BCUT2D eigenvalue weighted by Crippen LogP contribution is 2.20. The predicted molar refractivity (Wildman–Crippen MR) is 93.2 cm³/mol. The number of carbonyl (C=O) groups excluding carboxylic acids is 1. The monoisotopic (exact) mass is 344 g/mol. The van der Waals surface area contributed by atoms with Gasteiger partial charge >= 0.3 is 6.03 Å². The third-order valence-corrected chi connectivity index (χ3v) is 4.47. The average molecular weight is 344 g/mol. The van der Waals surface area contributed by atoms with Crippen LogP contribution in [0.1, 0.15) is 38.0 Å². The van der Waals surface area contributed by atoms with Gasteiger partial charge in [-0.3, -0.25) is 0 Å². The van der Waals surface area contributed by atoms with Gasteiger partial charge < -0.3 is 19.5 Å². The molecule has 0 radical (unpaired) electrons. The Morgan fingerprint density at radius 2 is 2.00 bits per heavy atom. The Morgan fingerprint density at radius 1 is 1.28 bits per heavy atom. The Morgan fingerprint density at radius 3 is 2.68 bits per heavy atom. The number of nitrogens with zero attached hydrogens (tertiary/aromatic N) is 3. The minimum Gasteiger partial charge on any atom is -0.497 e. The summed E-state index contributed by atoms with van der Waals surface area (Å²) in [5.41, 5.74) is 0.838. The third kappa shape index (κ3) is 4.49. The second-order valence-corrected chi connectivity index (χ2v) is 6.38. The molecule has 3 rings (SSSR count). The van der Waals surface area contributed by atoms with E-state index in [4.69, 9.17) is 9.26 Å². The van der Waals surface area contributed by atoms with Crippen LogP contribution in [0.4, 0.5) is 4.79 Å². The fraction of sp³-hybridized carbons (Fsp3) is 0.500. The lowest BCUT2D eigenvalue weighted by Gasteiger charge is -2.25. The van der Waals surface area contributed by atoms with Crippen LogP contribution in [-0.2, 0) is 6.54 Å². The van der Waals surface area contributed by atoms with Crippen molar-refractivity contribution in [3.63, 3.8) is 0 Å². The molecule has 2 amide bonds. The summed E-state index contributed by atoms with van der Waals surface area (Å²) in [6.07, 6.45) is 5.74. The first-order chi connectivity index (χ1) is 12.2. The van der Waals surface area contributed by atoms with Gasteiger partial charge in [0.05, 0.1) is 7.11 Å². The van der Waals surface area contributed by atoms with Crippen molar-refractivity contribution in [3.05, 3.63) is 30.2 Å². The van der Waals surface area contributed by atoms with Crippen LogP contribution < -0.4 is 10.1 Å². The van der Waals surface area contributed by atoms with Crippen molar-refractivity contribution in [2.24, 2.45) is 0 Å². The highest BCUT2D eigenvalue weighted by atomic mass is 16.5. The van der Waals surface area contributed by atoms with Gasteiger partial charge in [0.1, 0.15) is 12.3 Å². The zero-order chi connectivity index (χ0) is 17.6. The molecule has 7 nitrogen and oxygen atoms in total. The Kier molecular flexibility index (Phi) is 5.53. The zero-order valence-electron chi connectivity index (χ0n) is 14.7. The number of ether oxygens (including phenoxy) is 1. The van der Waals surface area contributed by atoms with E-state index in [0.717, 1.165) is 24.2 Å². The van der Waals surface area contributed by atoms with Crippen LogP contribution in [0.25, 0.3) is 11.4 Å². The van der Waals surface area contributed by atoms with Gasteiger partial charge in [-0.2, -0.15) is 4.98 Å². The van der Waals surface area contributed by atoms with Crippen LogP contribution in [0.5, 0.6) is 5.75 Å². The predicted octanol–water partition coefficient (Wildman–Crippen LogP) is 3.22. The summed E-state index contributed by atoms with van der Waals surface area (Å²) in [5, 5.41) is 7.06. The molecule has 134 valence electrons. The number of hydrogen-bond donors (Lipinski definition) is 1. The van der Waals surface area contributed by atoms with Crippen LogP contribution in [0.15, 0.2) is 28.8 Å². The lowest BCUT2D eigenvalue weighted by atomic mass is 9.96. The van der Waals surface area contributed by atoms with E-state index in [-0.39, 0.29) is 18.6 Å². The first-order valence-electron chi connectivity index (χ1n) is 8.64. The fourth-order valence-corrected chi connectivity index (χ4v) is 2.98. The Hall–Kier alpha value is -2.57. The summed E-state index contributed by atoms with van der Waals surface area (Å²) >= 11 is 0. The lowest BCUT2D eigenvalue weighted by molar-refractivity contribution is 0.192. The number of rotatable bonds is 5. The summed E-state index contributed by atoms with van der Waals surface area (Å²) in [5.74, 6) is 1.68. The van der Waals surface area contributed by atoms with E-state index >= 15 is 0 Å². The van der Waals surface area contributed by atoms with Gasteiger partial charge in [0.15, 0.2) is 0 Å². The van der Waals surface area contributed by atoms with Crippen molar-refractivity contribution in [2.45, 2.75) is 44.7 Å². The fourth-order valence-electron chi connectivity index (χ4n) is 2.98. The molecule has 7 heteroatoms. The molecule has 1 aromatic heterocycles. The number of hydrogen-bond acceptors (Lipinski definition) is 5. The van der Waals surface area contributed by atoms with Crippen LogP contribution in [0, 0.1) is 0 Å². The van der Waals surface area contributed by atoms with Crippen molar-refractivity contribution in [3.8, 4) is 17.1 Å². The minimum absolute atomic E-state index is 0.101. The molecule has 0 bridgehead atoms. The highest BCUT2D eigenvalue weighted by molar-refractivity contribution is 5.74. The third-order valence-electron chi connectivity index (χ3n) is 4.47. The highest BCUT2D eigenvalue weighted by Gasteiger charge is 2.19. The molecule has 1 aliphatic carbocycles. The molecule has 0 saturated heterocycles. The largest absolute Gasteiger partial charge is 0.497 e. The number of carbonyl (C=O) groups is 1. The van der Waals surface area contributed by atoms with Crippen LogP contribution in [0.2, 0.25) is 0 Å². The van der Waals surface area contributed by atoms with E-state index in [1.807, 2.05) is 24.3 Å². The van der Waals surface area contributed by atoms with Crippen molar-refractivity contribution < 1.29 is 14.1 Å². The molecule has 0 aliphatic heterocycles. The standard InChI is InChI=1S/C18H24N4O3/c1-22(18(23)19-14-6-4-3-5-7-14)12-16-20-17(21-25-16)13-8-10-15(24-2)11-9-13/h8-11,14H,3-7,12H2,1-2H3,(H,19,23). The maximum Gasteiger partial charge on any atom is 0.317 e. The molecule has 0 spiro atoms. The van der Waals surface area contributed by atoms with Gasteiger partial charge in [0.2, 0.25) is 11.7 Å². The normalized spacial score (nSPS) is 15.0. The second-order valence-electron chi connectivity index (χ2n) is 6.38. The first kappa shape index (κ1) is 17.3. The molecule has 0 unspecified atom stereocenters. The van der Waals surface area contributed by atoms with E-state index in [0.29, 0.717) is 11.7 Å². The van der Waals surface area contributed by atoms with Crippen LogP contribution in [-0.4, -0.2) is 41.3 Å². The average Bonchev–Trinajstić information content (AvgIpc) is 3.11. The van der Waals surface area contributed by atoms with Gasteiger partial charge in [-0.1, -0.05) is 24.4 Å². The zero-order valence-corrected chi connectivity index (χ0v) is 14.7. The van der Waals surface area contributed by atoms with Gasteiger partial charge in [-0.25, -0.2) is 4.79 Å². The maximum absolute atomic E-state index is 12.3. The summed E-state index contributed by atoms with van der Waals surface area (Å²) in [6.45, 7) is 0.279. The summed E-state index contributed by atoms with van der Waals surface area (Å²) in [6, 6.07) is 7.60. The van der Waals surface area contributed by atoms with Crippen molar-refractivity contribution in [1.82, 2.24) is 20.4 Å². The van der Waals surface area contributed by atoms with Crippen molar-refractivity contribution in [2.75, 3.05) is 14.2 Å². The molecule has 1 aromatic carbocycles. The Labute approximate surface area is 147 Å². The van der Waals surface area contributed by atoms with Crippen LogP contribution >= 0.6 is 0 Å². The Bertz CT molecular complexity index is 693. The summed E-state index contributed by atoms with van der Waals surface area (Å²) < 4.78 is 10.4. The molecular formula is C18H24N4O3. The van der Waals surface area contributed by atoms with E-state index in [1.165, 1.54) is 19.3 Å². The molecule has 1 N–H and O–H groups in total. The Balaban J connectivity index is 1.57. The van der Waals surface area contributed by atoms with E-state index in [1.54, 1.807) is 19.1 Å². The van der Waals surface area contributed by atoms with Crippen LogP contribution in [0.3, 0.4) is 0 Å². The molecule has 0 atom stereocenters. The molecule has 25 heavy (non-hydrogen) atoms. The number of methoxy groups -OCH3 is 1. The van der Waals surface area contributed by atoms with Gasteiger partial charge in [0.25, 0.3) is 0 Å². The quantitative estimate of drug-likeness (QED) is 0.901. The minimum atomic E-state index is -0.101. The molecule has 2 aromatic rings. The van der Waals surface area contributed by atoms with Gasteiger partial charge in [-0.05, 0) is 37.1 Å². The number of benzene rings is 1. The first-order valence-corrected chi connectivity index (χ1v) is 8.64. The number of aromatic nitrogens is 2. The smallest absolute Gasteiger partial charge is 0.317 e. The van der Waals surface area contributed by atoms with E-state index < -0.39 is 0 Å². The molecule has 1 heterocycles. The maximum atomic E-state index is 12.3. The van der Waals surface area contributed by atoms with E-state index in [9.17, 15) is 4.79 Å². The van der Waals surface area contributed by atoms with Gasteiger partial charge in [0, 0.05) is 18.7 Å². The molecule has 1 fully saturated rings. The number of amides is 2. The number of urea groups is 1. The summed E-state index contributed by atoms with van der Waals surface area (Å²) in [7, 11) is 3.35. The molecule has 1 aliphatic rings. The summed E-state index contributed by atoms with van der Waals surface area (Å²) in [4.78, 5) is 18.2. The second kappa shape index (κ2) is 8.00. The number of nitrogens with one attached hydrogen (secondary N) is 1. The van der Waals surface area contributed by atoms with Gasteiger partial charge in [-0.15, -0.1) is 0 Å². The lowest BCUT2D eigenvalue weighted by Crippen LogP contribution is -2.43. The van der Waals surface area contributed by atoms with Crippen molar-refractivity contribution >= 4 is 6.03 Å².